The van der Waals surface area contributed by atoms with E-state index in [1.807, 2.05) is 0 Å². The fraction of sp³-hybridized carbons (Fsp3) is 0.400. The van der Waals surface area contributed by atoms with Crippen LogP contribution in [0.4, 0.5) is 11.4 Å². The molecule has 0 heterocycles. The minimum Gasteiger partial charge on any atom is -0.399 e. The molecule has 0 saturated heterocycles. The number of nitrogens with two attached hydrogens (primary N) is 1. The second kappa shape index (κ2) is 6.29. The first-order chi connectivity index (χ1) is 9.15. The van der Waals surface area contributed by atoms with Crippen LogP contribution in [-0.2, 0) is 20.8 Å². The molecule has 1 rings (SSSR count). The molecule has 2 atom stereocenters. The third kappa shape index (κ3) is 3.99. The number of hydrogen-bond acceptors (Lipinski definition) is 6. The number of nitro benzene ring substituents is 1. The number of nitrogens with one attached hydrogen (secondary N) is 1. The van der Waals surface area contributed by atoms with Crippen molar-refractivity contribution in [2.45, 2.75) is 17.1 Å². The fourth-order valence-electron chi connectivity index (χ4n) is 1.32. The third-order valence-electron chi connectivity index (χ3n) is 2.60. The molecule has 112 valence electrons. The van der Waals surface area contributed by atoms with E-state index in [-0.39, 0.29) is 12.2 Å². The fourth-order valence-corrected chi connectivity index (χ4v) is 3.08. The van der Waals surface area contributed by atoms with Crippen LogP contribution >= 0.6 is 0 Å². The van der Waals surface area contributed by atoms with Crippen molar-refractivity contribution < 1.29 is 17.6 Å². The smallest absolute Gasteiger partial charge is 0.289 e. The minimum absolute atomic E-state index is 0.0859. The van der Waals surface area contributed by atoms with Crippen LogP contribution in [-0.4, -0.2) is 35.6 Å². The van der Waals surface area contributed by atoms with Crippen LogP contribution in [0.2, 0.25) is 0 Å². The normalized spacial score (nSPS) is 14.7. The zero-order chi connectivity index (χ0) is 15.5. The number of nitro groups is 1. The Morgan fingerprint density at radius 3 is 2.60 bits per heavy atom. The van der Waals surface area contributed by atoms with E-state index in [2.05, 4.69) is 4.72 Å². The molecule has 10 heteroatoms. The molecule has 0 aliphatic rings. The monoisotopic (exact) mass is 321 g/mol. The van der Waals surface area contributed by atoms with E-state index in [0.29, 0.717) is 0 Å². The average molecular weight is 321 g/mol. The van der Waals surface area contributed by atoms with Crippen molar-refractivity contribution in [3.05, 3.63) is 28.3 Å². The van der Waals surface area contributed by atoms with Gasteiger partial charge in [-0.05, 0) is 19.1 Å². The molecule has 0 aromatic heterocycles. The second-order valence-corrected chi connectivity index (χ2v) is 7.68. The van der Waals surface area contributed by atoms with Gasteiger partial charge in [0, 0.05) is 40.6 Å². The van der Waals surface area contributed by atoms with Crippen LogP contribution < -0.4 is 10.5 Å². The summed E-state index contributed by atoms with van der Waals surface area (Å²) in [4.78, 5) is 9.55. The standard InChI is InChI=1S/C10H15N3O5S2/c1-7(19(2)16)6-12-20(17,18)10-5-8(11)3-4-9(10)13(14)15/h3-5,7,12H,6,11H2,1-2H3. The zero-order valence-corrected chi connectivity index (χ0v) is 12.5. The van der Waals surface area contributed by atoms with Gasteiger partial charge in [0.15, 0.2) is 4.90 Å². The molecule has 0 saturated carbocycles. The SMILES string of the molecule is CC(CNS(=O)(=O)c1cc(N)ccc1[N+](=O)[O-])S(C)=O. The van der Waals surface area contributed by atoms with Gasteiger partial charge in [0.2, 0.25) is 10.0 Å². The number of nitrogen functional groups attached to an aromatic ring is 1. The van der Waals surface area contributed by atoms with Crippen molar-refractivity contribution in [1.29, 1.82) is 0 Å². The van der Waals surface area contributed by atoms with Crippen molar-refractivity contribution in [3.8, 4) is 0 Å². The Morgan fingerprint density at radius 1 is 1.50 bits per heavy atom. The highest BCUT2D eigenvalue weighted by Crippen LogP contribution is 2.25. The summed E-state index contributed by atoms with van der Waals surface area (Å²) >= 11 is 0. The Morgan fingerprint density at radius 2 is 2.10 bits per heavy atom. The van der Waals surface area contributed by atoms with E-state index < -0.39 is 41.6 Å². The van der Waals surface area contributed by atoms with Crippen molar-refractivity contribution >= 4 is 32.2 Å². The summed E-state index contributed by atoms with van der Waals surface area (Å²) in [6, 6.07) is 3.31. The lowest BCUT2D eigenvalue weighted by Crippen LogP contribution is -2.33. The third-order valence-corrected chi connectivity index (χ3v) is 5.35. The van der Waals surface area contributed by atoms with E-state index in [1.54, 1.807) is 6.92 Å². The molecule has 0 bridgehead atoms. The lowest BCUT2D eigenvalue weighted by Gasteiger charge is -2.11. The molecule has 3 N–H and O–H groups in total. The molecule has 0 aliphatic carbocycles. The summed E-state index contributed by atoms with van der Waals surface area (Å²) < 4.78 is 37.5. The largest absolute Gasteiger partial charge is 0.399 e. The summed E-state index contributed by atoms with van der Waals surface area (Å²) in [5, 5.41) is 10.4. The lowest BCUT2D eigenvalue weighted by molar-refractivity contribution is -0.387. The summed E-state index contributed by atoms with van der Waals surface area (Å²) in [7, 11) is -5.30. The lowest BCUT2D eigenvalue weighted by atomic mass is 10.3. The highest BCUT2D eigenvalue weighted by molar-refractivity contribution is 7.89. The van der Waals surface area contributed by atoms with Gasteiger partial charge >= 0.3 is 0 Å². The zero-order valence-electron chi connectivity index (χ0n) is 10.9. The van der Waals surface area contributed by atoms with E-state index >= 15 is 0 Å². The minimum atomic E-state index is -4.09. The maximum atomic E-state index is 12.1. The van der Waals surface area contributed by atoms with E-state index in [9.17, 15) is 22.7 Å². The quantitative estimate of drug-likeness (QED) is 0.437. The average Bonchev–Trinajstić information content (AvgIpc) is 2.35. The molecule has 0 amide bonds. The highest BCUT2D eigenvalue weighted by atomic mass is 32.2. The Hall–Kier alpha value is -1.52. The maximum absolute atomic E-state index is 12.1. The van der Waals surface area contributed by atoms with Crippen molar-refractivity contribution in [1.82, 2.24) is 4.72 Å². The Balaban J connectivity index is 3.12. The van der Waals surface area contributed by atoms with Crippen LogP contribution in [0.5, 0.6) is 0 Å². The van der Waals surface area contributed by atoms with Gasteiger partial charge in [-0.1, -0.05) is 0 Å². The molecule has 20 heavy (non-hydrogen) atoms. The molecular weight excluding hydrogens is 306 g/mol. The van der Waals surface area contributed by atoms with Gasteiger partial charge < -0.3 is 5.73 Å². The van der Waals surface area contributed by atoms with Gasteiger partial charge in [-0.2, -0.15) is 0 Å². The Labute approximate surface area is 119 Å². The Kier molecular flexibility index (Phi) is 5.20. The number of hydrogen-bond donors (Lipinski definition) is 2. The van der Waals surface area contributed by atoms with Crippen LogP contribution in [0.25, 0.3) is 0 Å². The molecule has 0 spiro atoms. The summed E-state index contributed by atoms with van der Waals surface area (Å²) in [6.07, 6.45) is 1.45. The van der Waals surface area contributed by atoms with Crippen LogP contribution in [0.3, 0.4) is 0 Å². The maximum Gasteiger partial charge on any atom is 0.289 e. The second-order valence-electron chi connectivity index (χ2n) is 4.15. The molecule has 2 unspecified atom stereocenters. The highest BCUT2D eigenvalue weighted by Gasteiger charge is 2.26. The van der Waals surface area contributed by atoms with E-state index in [0.717, 1.165) is 12.1 Å². The van der Waals surface area contributed by atoms with Gasteiger partial charge in [0.05, 0.1) is 4.92 Å². The molecule has 0 radical (unpaired) electrons. The van der Waals surface area contributed by atoms with Crippen LogP contribution in [0, 0.1) is 10.1 Å². The molecule has 8 nitrogen and oxygen atoms in total. The first-order valence-corrected chi connectivity index (χ1v) is 8.61. The molecule has 1 aromatic rings. The van der Waals surface area contributed by atoms with Crippen molar-refractivity contribution in [3.63, 3.8) is 0 Å². The molecular formula is C10H15N3O5S2. The topological polar surface area (TPSA) is 132 Å². The first-order valence-electron chi connectivity index (χ1n) is 5.51. The van der Waals surface area contributed by atoms with Crippen LogP contribution in [0.15, 0.2) is 23.1 Å². The number of benzene rings is 1. The van der Waals surface area contributed by atoms with Crippen LogP contribution in [0.1, 0.15) is 6.92 Å². The van der Waals surface area contributed by atoms with Crippen molar-refractivity contribution in [2.24, 2.45) is 0 Å². The van der Waals surface area contributed by atoms with Gasteiger partial charge in [-0.15, -0.1) is 0 Å². The molecule has 1 aromatic carbocycles. The molecule has 0 fully saturated rings. The summed E-state index contributed by atoms with van der Waals surface area (Å²) in [5.74, 6) is 0. The van der Waals surface area contributed by atoms with Gasteiger partial charge in [-0.3, -0.25) is 14.3 Å². The summed E-state index contributed by atoms with van der Waals surface area (Å²) in [5.41, 5.74) is 5.01. The number of rotatable bonds is 6. The first kappa shape index (κ1) is 16.5. The summed E-state index contributed by atoms with van der Waals surface area (Å²) in [6.45, 7) is 1.52. The van der Waals surface area contributed by atoms with E-state index in [1.165, 1.54) is 12.3 Å². The Bertz CT molecular complexity index is 644. The number of nitrogens with zero attached hydrogens (tertiary/aromatic N) is 1. The number of sulfonamides is 1. The van der Waals surface area contributed by atoms with Crippen molar-refractivity contribution in [2.75, 3.05) is 18.5 Å². The van der Waals surface area contributed by atoms with Gasteiger partial charge in [-0.25, -0.2) is 13.1 Å². The molecule has 0 aliphatic heterocycles. The predicted molar refractivity (Wildman–Crippen MR) is 76.2 cm³/mol. The van der Waals surface area contributed by atoms with Gasteiger partial charge in [0.25, 0.3) is 5.69 Å². The predicted octanol–water partition coefficient (Wildman–Crippen LogP) is 0.222. The van der Waals surface area contributed by atoms with E-state index in [4.69, 9.17) is 5.73 Å². The number of anilines is 1. The van der Waals surface area contributed by atoms with Gasteiger partial charge in [0.1, 0.15) is 0 Å².